The first-order valence-corrected chi connectivity index (χ1v) is 10.3. The maximum Gasteiger partial charge on any atom is 0.394 e. The van der Waals surface area contributed by atoms with Gasteiger partial charge in [0, 0.05) is 13.1 Å². The third kappa shape index (κ3) is 20.5. The molecule has 0 aliphatic rings. The molecule has 2 aromatic rings. The van der Waals surface area contributed by atoms with Crippen molar-refractivity contribution in [3.05, 3.63) is 59.7 Å². The second-order valence-electron chi connectivity index (χ2n) is 6.89. The molecule has 0 spiro atoms. The predicted octanol–water partition coefficient (Wildman–Crippen LogP) is 1.52. The topological polar surface area (TPSA) is 153 Å². The molecule has 2 aromatic carbocycles. The van der Waals surface area contributed by atoms with E-state index in [9.17, 15) is 0 Å². The summed E-state index contributed by atoms with van der Waals surface area (Å²) in [7, 11) is 3.56. The van der Waals surface area contributed by atoms with Crippen LogP contribution in [0.1, 0.15) is 11.1 Å². The Labute approximate surface area is 179 Å². The van der Waals surface area contributed by atoms with Gasteiger partial charge in [-0.3, -0.25) is 9.11 Å². The van der Waals surface area contributed by atoms with Gasteiger partial charge < -0.3 is 25.5 Å². The number of phenols is 2. The highest BCUT2D eigenvalue weighted by Gasteiger charge is 1.95. The highest BCUT2D eigenvalue weighted by molar-refractivity contribution is 7.79. The maximum absolute atomic E-state index is 9.02. The lowest BCUT2D eigenvalue weighted by atomic mass is 10.1. The fourth-order valence-electron chi connectivity index (χ4n) is 2.03. The zero-order chi connectivity index (χ0) is 22.4. The van der Waals surface area contributed by atoms with Gasteiger partial charge in [-0.25, -0.2) is 0 Å². The van der Waals surface area contributed by atoms with Gasteiger partial charge in [-0.15, -0.1) is 0 Å². The van der Waals surface area contributed by atoms with Crippen molar-refractivity contribution in [1.29, 1.82) is 0 Å². The first kappa shape index (κ1) is 30.0. The number of phenolic OH excluding ortho intramolecular Hbond substituents is 2. The van der Waals surface area contributed by atoms with Crippen LogP contribution in [-0.2, 0) is 23.2 Å². The summed E-state index contributed by atoms with van der Waals surface area (Å²) in [6, 6.07) is 14.7. The first-order valence-electron chi connectivity index (χ1n) is 8.92. The third-order valence-corrected chi connectivity index (χ3v) is 3.57. The molecule has 0 radical (unpaired) electrons. The summed E-state index contributed by atoms with van der Waals surface area (Å²) in [5.41, 5.74) is 2.53. The molecule has 0 saturated heterocycles. The van der Waals surface area contributed by atoms with Gasteiger partial charge >= 0.3 is 10.4 Å². The fourth-order valence-corrected chi connectivity index (χ4v) is 2.03. The van der Waals surface area contributed by atoms with Crippen LogP contribution in [-0.4, -0.2) is 84.3 Å². The van der Waals surface area contributed by atoms with Crippen LogP contribution in [0.15, 0.2) is 48.5 Å². The normalized spacial score (nSPS) is 10.4. The van der Waals surface area contributed by atoms with Crippen LogP contribution in [0, 0.1) is 0 Å². The first-order chi connectivity index (χ1) is 13.4. The summed E-state index contributed by atoms with van der Waals surface area (Å²) in [5.74, 6) is 0.673. The molecule has 30 heavy (non-hydrogen) atoms. The van der Waals surface area contributed by atoms with Crippen molar-refractivity contribution in [3.8, 4) is 11.5 Å². The van der Waals surface area contributed by atoms with Crippen molar-refractivity contribution in [2.45, 2.75) is 12.8 Å². The Balaban J connectivity index is 0. The summed E-state index contributed by atoms with van der Waals surface area (Å²) >= 11 is 0. The highest BCUT2D eigenvalue weighted by Crippen LogP contribution is 2.10. The molecule has 10 heteroatoms. The molecule has 0 atom stereocenters. The quantitative estimate of drug-likeness (QED) is 0.487. The van der Waals surface area contributed by atoms with Crippen LogP contribution in [0.3, 0.4) is 0 Å². The van der Waals surface area contributed by atoms with E-state index in [1.54, 1.807) is 24.3 Å². The Hall–Kier alpha value is -2.21. The summed E-state index contributed by atoms with van der Waals surface area (Å²) < 4.78 is 31.6. The van der Waals surface area contributed by atoms with E-state index in [1.807, 2.05) is 24.3 Å². The van der Waals surface area contributed by atoms with Crippen LogP contribution in [0.4, 0.5) is 0 Å². The number of rotatable bonds is 6. The second-order valence-corrected chi connectivity index (χ2v) is 7.78. The molecule has 0 amide bonds. The smallest absolute Gasteiger partial charge is 0.394 e. The Morgan fingerprint density at radius 1 is 0.667 bits per heavy atom. The monoisotopic (exact) mass is 446 g/mol. The van der Waals surface area contributed by atoms with Crippen LogP contribution in [0.25, 0.3) is 0 Å². The van der Waals surface area contributed by atoms with Gasteiger partial charge in [-0.1, -0.05) is 24.3 Å². The molecular weight excluding hydrogens is 412 g/mol. The summed E-state index contributed by atoms with van der Waals surface area (Å²) in [6.07, 6.45) is 2.07. The van der Waals surface area contributed by atoms with Gasteiger partial charge in [0.1, 0.15) is 11.5 Å². The molecule has 172 valence electrons. The Bertz CT molecular complexity index is 716. The van der Waals surface area contributed by atoms with Crippen molar-refractivity contribution < 1.29 is 33.2 Å². The third-order valence-electron chi connectivity index (χ3n) is 3.57. The van der Waals surface area contributed by atoms with E-state index in [4.69, 9.17) is 27.7 Å². The number of hydrogen-bond donors (Lipinski definition) is 4. The van der Waals surface area contributed by atoms with Gasteiger partial charge in [0.05, 0.1) is 0 Å². The van der Waals surface area contributed by atoms with Gasteiger partial charge in [0.15, 0.2) is 0 Å². The van der Waals surface area contributed by atoms with E-state index in [-0.39, 0.29) is 5.48 Å². The highest BCUT2D eigenvalue weighted by atomic mass is 32.3. The van der Waals surface area contributed by atoms with E-state index in [2.05, 4.69) is 38.0 Å². The van der Waals surface area contributed by atoms with Gasteiger partial charge in [0.25, 0.3) is 0 Å². The molecule has 0 bridgehead atoms. The van der Waals surface area contributed by atoms with Crippen molar-refractivity contribution in [1.82, 2.24) is 9.80 Å². The Kier molecular flexibility index (Phi) is 15.6. The summed E-state index contributed by atoms with van der Waals surface area (Å²) in [5, 5.41) is 18.0. The molecule has 0 aliphatic carbocycles. The summed E-state index contributed by atoms with van der Waals surface area (Å²) in [4.78, 5) is 4.29. The van der Waals surface area contributed by atoms with Crippen molar-refractivity contribution in [2.24, 2.45) is 0 Å². The van der Waals surface area contributed by atoms with Crippen LogP contribution < -0.4 is 0 Å². The molecule has 0 aromatic heterocycles. The molecule has 0 saturated carbocycles. The van der Waals surface area contributed by atoms with E-state index >= 15 is 0 Å². The molecule has 0 unspecified atom stereocenters. The zero-order valence-electron chi connectivity index (χ0n) is 17.9. The number of benzene rings is 2. The molecule has 0 aliphatic heterocycles. The average molecular weight is 447 g/mol. The minimum atomic E-state index is -4.67. The van der Waals surface area contributed by atoms with E-state index in [0.717, 1.165) is 25.9 Å². The minimum Gasteiger partial charge on any atom is -0.508 e. The zero-order valence-corrected chi connectivity index (χ0v) is 18.7. The molecule has 2 rings (SSSR count). The van der Waals surface area contributed by atoms with E-state index < -0.39 is 10.4 Å². The maximum atomic E-state index is 9.02. The largest absolute Gasteiger partial charge is 0.508 e. The minimum absolute atomic E-state index is 0. The molecule has 0 heterocycles. The predicted molar refractivity (Wildman–Crippen MR) is 119 cm³/mol. The van der Waals surface area contributed by atoms with Gasteiger partial charge in [0.2, 0.25) is 0 Å². The lowest BCUT2D eigenvalue weighted by Gasteiger charge is -2.08. The van der Waals surface area contributed by atoms with Gasteiger partial charge in [-0.05, 0) is 76.4 Å². The summed E-state index contributed by atoms with van der Waals surface area (Å²) in [6.45, 7) is 2.09. The molecule has 9 nitrogen and oxygen atoms in total. The lowest BCUT2D eigenvalue weighted by molar-refractivity contribution is 0.381. The molecule has 6 N–H and O–H groups in total. The van der Waals surface area contributed by atoms with E-state index in [1.165, 1.54) is 11.1 Å². The van der Waals surface area contributed by atoms with Crippen molar-refractivity contribution >= 4 is 10.4 Å². The Morgan fingerprint density at radius 3 is 1.10 bits per heavy atom. The standard InChI is InChI=1S/2C10H15NO.H2O4S.H2O/c2*1-11(2)8-7-9-3-5-10(12)6-4-9;1-5(2,3)4;/h2*3-6,12H,7-8H2,1-2H3;(H2,1,2,3,4);1H2. The van der Waals surface area contributed by atoms with Crippen molar-refractivity contribution in [2.75, 3.05) is 41.3 Å². The van der Waals surface area contributed by atoms with Crippen molar-refractivity contribution in [3.63, 3.8) is 0 Å². The second kappa shape index (κ2) is 15.6. The lowest BCUT2D eigenvalue weighted by Crippen LogP contribution is -2.14. The van der Waals surface area contributed by atoms with Crippen LogP contribution in [0.5, 0.6) is 11.5 Å². The average Bonchev–Trinajstić information content (AvgIpc) is 2.60. The SMILES string of the molecule is CN(C)CCc1ccc(O)cc1.CN(C)CCc1ccc(O)cc1.O.O=S(=O)(O)O. The number of hydrogen-bond acceptors (Lipinski definition) is 6. The molecule has 0 fully saturated rings. The van der Waals surface area contributed by atoms with Gasteiger partial charge in [-0.2, -0.15) is 8.42 Å². The fraction of sp³-hybridized carbons (Fsp3) is 0.400. The van der Waals surface area contributed by atoms with Crippen LogP contribution in [0.2, 0.25) is 0 Å². The Morgan fingerprint density at radius 2 is 0.900 bits per heavy atom. The van der Waals surface area contributed by atoms with E-state index in [0.29, 0.717) is 11.5 Å². The number of likely N-dealkylation sites (N-methyl/N-ethyl adjacent to an activating group) is 2. The number of nitrogens with zero attached hydrogens (tertiary/aromatic N) is 2. The molecular formula is C20H34N2O7S. The number of aromatic hydroxyl groups is 2. The van der Waals surface area contributed by atoms with Crippen LogP contribution >= 0.6 is 0 Å².